The number of likely N-dealkylation sites (tertiary alicyclic amines) is 2. The van der Waals surface area contributed by atoms with Gasteiger partial charge in [0.15, 0.2) is 29.0 Å². The van der Waals surface area contributed by atoms with Crippen LogP contribution in [0.4, 0.5) is 20.4 Å². The maximum Gasteiger partial charge on any atom is 0.319 e. The van der Waals surface area contributed by atoms with E-state index in [1.165, 1.54) is 4.90 Å². The number of nitrogens with zero attached hydrogens (tertiary/aromatic N) is 11. The summed E-state index contributed by atoms with van der Waals surface area (Å²) in [6, 6.07) is 21.4. The molecule has 11 rings (SSSR count). The van der Waals surface area contributed by atoms with Crippen LogP contribution >= 0.6 is 11.6 Å². The number of hydrogen-bond acceptors (Lipinski definition) is 15. The molecule has 4 saturated heterocycles. The molecular weight excluding hydrogens is 1080 g/mol. The van der Waals surface area contributed by atoms with Crippen LogP contribution in [0, 0.1) is 28.5 Å². The minimum Gasteiger partial charge on any atom is -0.462 e. The summed E-state index contributed by atoms with van der Waals surface area (Å²) >= 11 is 6.98. The van der Waals surface area contributed by atoms with Crippen LogP contribution in [0.3, 0.4) is 0 Å². The first-order valence-corrected chi connectivity index (χ1v) is 28.9. The van der Waals surface area contributed by atoms with Crippen LogP contribution in [-0.4, -0.2) is 157 Å². The number of rotatable bonds is 17. The Labute approximate surface area is 484 Å². The van der Waals surface area contributed by atoms with Crippen molar-refractivity contribution in [2.75, 3.05) is 75.3 Å². The topological polar surface area (TPSA) is 211 Å². The van der Waals surface area contributed by atoms with E-state index in [-0.39, 0.29) is 121 Å². The second kappa shape index (κ2) is 23.6. The first-order valence-electron chi connectivity index (χ1n) is 28.5. The standard InChI is InChI=1S/C62H68ClF2N11O7/c1-36(2)54(60(81)76-33-44(78)29-50(76)51(79)26-37(3)39-10-12-40(13-11-39)49-15-19-67-71(49)5)52-31-53(70-83-52)74-34-62(35-74)16-20-72(21-17-62)24-25-82-61-68-57-47(58(69-61)73-22-23-75(59(80)38(4)64)42(32-73)14-18-66)30-48(63)55(56(57)65)46-28-43(77)27-41-8-6-7-9-45(41)46/h6-13,15,19,27,30-31,36-37,42-44,50,54,77-78H,4,14,16-17,20-26,28-29,32-35H2,1-3,5H3/t37-,42+,43-,44-,50+,54-/m1/s1. The summed E-state index contributed by atoms with van der Waals surface area (Å²) in [5.74, 6) is -2.73. The lowest BCUT2D eigenvalue weighted by molar-refractivity contribution is -0.140. The number of aryl methyl sites for hydroxylation is 1. The molecule has 18 nitrogen and oxygen atoms in total. The number of aliphatic hydroxyl groups excluding tert-OH is 2. The monoisotopic (exact) mass is 1150 g/mol. The van der Waals surface area contributed by atoms with Crippen molar-refractivity contribution in [3.05, 3.63) is 123 Å². The number of halogens is 3. The number of amides is 2. The van der Waals surface area contributed by atoms with Gasteiger partial charge in [0, 0.05) is 101 Å². The first-order chi connectivity index (χ1) is 39.9. The number of ether oxygens (including phenoxy) is 1. The fourth-order valence-electron chi connectivity index (χ4n) is 13.0. The minimum atomic E-state index is -1.13. The van der Waals surface area contributed by atoms with E-state index in [1.54, 1.807) is 23.2 Å². The second-order valence-corrected chi connectivity index (χ2v) is 23.8. The summed E-state index contributed by atoms with van der Waals surface area (Å²) in [5.41, 5.74) is 3.65. The molecule has 5 aliphatic rings. The Balaban J connectivity index is 0.731. The summed E-state index contributed by atoms with van der Waals surface area (Å²) in [4.78, 5) is 59.8. The number of fused-ring (bicyclic) bond motifs is 2. The van der Waals surface area contributed by atoms with E-state index >= 15 is 4.39 Å². The number of benzene rings is 3. The molecule has 2 N–H and O–H groups in total. The fourth-order valence-corrected chi connectivity index (χ4v) is 13.3. The normalized spacial score (nSPS) is 21.4. The van der Waals surface area contributed by atoms with Gasteiger partial charge in [0.2, 0.25) is 5.91 Å². The van der Waals surface area contributed by atoms with Crippen molar-refractivity contribution in [3.8, 4) is 23.3 Å². The van der Waals surface area contributed by atoms with Gasteiger partial charge < -0.3 is 39.1 Å². The van der Waals surface area contributed by atoms with Gasteiger partial charge in [-0.3, -0.25) is 24.0 Å². The predicted octanol–water partition coefficient (Wildman–Crippen LogP) is 6.41. The molecule has 4 fully saturated rings. The van der Waals surface area contributed by atoms with Crippen LogP contribution < -0.4 is 25.0 Å². The third-order valence-corrected chi connectivity index (χ3v) is 17.8. The Kier molecular flexibility index (Phi) is 16.3. The molecule has 7 heterocycles. The molecule has 0 bridgehead atoms. The number of carbonyl (C=O) groups is 3. The molecule has 2 amide bonds. The van der Waals surface area contributed by atoms with Gasteiger partial charge in [-0.2, -0.15) is 20.3 Å². The molecule has 6 aromatic rings. The molecule has 1 aliphatic carbocycles. The van der Waals surface area contributed by atoms with Crippen LogP contribution in [0.5, 0.6) is 6.01 Å². The molecule has 0 saturated carbocycles. The van der Waals surface area contributed by atoms with E-state index in [2.05, 4.69) is 37.7 Å². The second-order valence-electron chi connectivity index (χ2n) is 23.4. The molecule has 6 atom stereocenters. The number of hydrogen-bond donors (Lipinski definition) is 2. The molecule has 0 radical (unpaired) electrons. The van der Waals surface area contributed by atoms with E-state index in [0.29, 0.717) is 23.7 Å². The highest BCUT2D eigenvalue weighted by atomic mass is 35.5. The zero-order valence-electron chi connectivity index (χ0n) is 47.1. The predicted molar refractivity (Wildman–Crippen MR) is 309 cm³/mol. The number of anilines is 2. The Bertz CT molecular complexity index is 3640. The van der Waals surface area contributed by atoms with E-state index in [9.17, 15) is 34.2 Å². The smallest absolute Gasteiger partial charge is 0.319 e. The third-order valence-electron chi connectivity index (χ3n) is 17.5. The number of aromatic nitrogens is 5. The fraction of sp³-hybridized carbons (Fsp3) is 0.452. The summed E-state index contributed by atoms with van der Waals surface area (Å²) in [5, 5.41) is 42.0. The Morgan fingerprint density at radius 2 is 1.73 bits per heavy atom. The van der Waals surface area contributed by atoms with Gasteiger partial charge in [-0.1, -0.05) is 92.6 Å². The van der Waals surface area contributed by atoms with Gasteiger partial charge in [-0.05, 0) is 83.1 Å². The van der Waals surface area contributed by atoms with Gasteiger partial charge in [0.1, 0.15) is 23.9 Å². The molecule has 3 aromatic carbocycles. The number of ketones is 1. The van der Waals surface area contributed by atoms with Gasteiger partial charge in [0.05, 0.1) is 47.5 Å². The number of Topliss-reactive ketones (excluding diaryl/α,β-unsaturated/α-hetero) is 1. The Morgan fingerprint density at radius 3 is 2.45 bits per heavy atom. The number of aliphatic hydroxyl groups is 2. The van der Waals surface area contributed by atoms with Crippen LogP contribution in [0.15, 0.2) is 89.9 Å². The number of β-amino-alcohol motifs (C(OH)–C–C–N with tert-alkyl or cyclic N) is 1. The molecule has 1 spiro atoms. The molecule has 21 heteroatoms. The van der Waals surface area contributed by atoms with Crippen molar-refractivity contribution in [1.82, 2.24) is 39.6 Å². The van der Waals surface area contributed by atoms with Crippen LogP contribution in [0.2, 0.25) is 5.02 Å². The van der Waals surface area contributed by atoms with Crippen molar-refractivity contribution in [2.24, 2.45) is 18.4 Å². The largest absolute Gasteiger partial charge is 0.462 e. The summed E-state index contributed by atoms with van der Waals surface area (Å²) in [6.45, 7) is 13.3. The van der Waals surface area contributed by atoms with Crippen molar-refractivity contribution >= 4 is 63.4 Å². The zero-order valence-corrected chi connectivity index (χ0v) is 47.8. The summed E-state index contributed by atoms with van der Waals surface area (Å²) in [6.07, 6.45) is 4.04. The van der Waals surface area contributed by atoms with Gasteiger partial charge >= 0.3 is 6.01 Å². The number of nitriles is 1. The SMILES string of the molecule is C=C(F)C(=O)N1CCN(c2nc(OCCN3CCC4(CC3)CN(c3cc([C@H](C(=O)N5C[C@H](O)C[C@H]5C(=O)C[C@@H](C)c5ccc(-c6ccnn6C)cc5)C(C)C)on3)C4)nc3c(F)c(C4=c5ccccc5=C[C@@H](O)C4)c(Cl)cc23)C[C@@H]1CC#N. The maximum atomic E-state index is 17.3. The summed E-state index contributed by atoms with van der Waals surface area (Å²) in [7, 11) is 1.89. The maximum absolute atomic E-state index is 17.3. The molecule has 3 aromatic heterocycles. The van der Waals surface area contributed by atoms with E-state index in [1.807, 2.05) is 98.1 Å². The van der Waals surface area contributed by atoms with E-state index in [4.69, 9.17) is 25.8 Å². The molecule has 83 heavy (non-hydrogen) atoms. The number of piperidine rings is 1. The van der Waals surface area contributed by atoms with Crippen molar-refractivity contribution in [1.29, 1.82) is 5.26 Å². The van der Waals surface area contributed by atoms with E-state index < -0.39 is 47.8 Å². The average molecular weight is 1150 g/mol. The highest BCUT2D eigenvalue weighted by Crippen LogP contribution is 2.44. The highest BCUT2D eigenvalue weighted by Gasteiger charge is 2.47. The lowest BCUT2D eigenvalue weighted by Gasteiger charge is -2.54. The highest BCUT2D eigenvalue weighted by molar-refractivity contribution is 6.33. The van der Waals surface area contributed by atoms with Crippen molar-refractivity contribution in [2.45, 2.75) is 95.4 Å². The number of carbonyl (C=O) groups excluding carboxylic acids is 3. The van der Waals surface area contributed by atoms with Crippen molar-refractivity contribution < 1.29 is 42.6 Å². The lowest BCUT2D eigenvalue weighted by atomic mass is 9.72. The van der Waals surface area contributed by atoms with Gasteiger partial charge in [-0.15, -0.1) is 0 Å². The average Bonchev–Trinajstić information content (AvgIpc) is 1.91. The van der Waals surface area contributed by atoms with Gasteiger partial charge in [-0.25, -0.2) is 8.78 Å². The molecule has 0 unspecified atom stereocenters. The quantitative estimate of drug-likeness (QED) is 0.0945. The Hall–Kier alpha value is -7.57. The van der Waals surface area contributed by atoms with Crippen LogP contribution in [-0.2, 0) is 21.4 Å². The third kappa shape index (κ3) is 11.5. The van der Waals surface area contributed by atoms with Crippen molar-refractivity contribution in [3.63, 3.8) is 0 Å². The molecule has 4 aliphatic heterocycles. The minimum absolute atomic E-state index is 0.0447. The van der Waals surface area contributed by atoms with Gasteiger partial charge in [0.25, 0.3) is 5.91 Å². The first kappa shape index (κ1) is 57.3. The lowest BCUT2D eigenvalue weighted by Crippen LogP contribution is -2.60. The van der Waals surface area contributed by atoms with E-state index in [0.717, 1.165) is 66.3 Å². The molecule has 434 valence electrons. The number of piperazine rings is 1. The van der Waals surface area contributed by atoms with Crippen LogP contribution in [0.1, 0.15) is 88.0 Å². The summed E-state index contributed by atoms with van der Waals surface area (Å²) < 4.78 is 45.5. The zero-order chi connectivity index (χ0) is 58.4. The Morgan fingerprint density at radius 1 is 0.976 bits per heavy atom. The molecular formula is C62H68ClF2N11O7. The van der Waals surface area contributed by atoms with Crippen LogP contribution in [0.25, 0.3) is 33.8 Å².